The van der Waals surface area contributed by atoms with E-state index in [9.17, 15) is 11.8 Å². The normalized spacial score (nSPS) is 12.8. The average Bonchev–Trinajstić information content (AvgIpc) is 3.52. The maximum Gasteiger partial charge on any atom is 0.232 e. The maximum absolute atomic E-state index is 12.6. The van der Waals surface area contributed by atoms with Crippen molar-refractivity contribution in [3.63, 3.8) is 0 Å². The van der Waals surface area contributed by atoms with Crippen molar-refractivity contribution in [1.29, 1.82) is 5.26 Å². The van der Waals surface area contributed by atoms with Crippen molar-refractivity contribution in [2.24, 2.45) is 0 Å². The van der Waals surface area contributed by atoms with Crippen molar-refractivity contribution in [3.05, 3.63) is 306 Å². The van der Waals surface area contributed by atoms with Crippen LogP contribution >= 0.6 is 0 Å². The Hall–Kier alpha value is -11.2. The molecule has 6 nitrogen and oxygen atoms in total. The molecule has 81 heavy (non-hydrogen) atoms. The van der Waals surface area contributed by atoms with E-state index in [2.05, 4.69) is 296 Å². The molecule has 6 heteroatoms. The van der Waals surface area contributed by atoms with Gasteiger partial charge in [-0.05, 0) is 81.9 Å². The second kappa shape index (κ2) is 16.9. The summed E-state index contributed by atoms with van der Waals surface area (Å²) in [5.74, 6) is 0. The molecule has 0 spiro atoms. The van der Waals surface area contributed by atoms with Crippen molar-refractivity contribution in [2.75, 3.05) is 0 Å². The van der Waals surface area contributed by atoms with Gasteiger partial charge in [0.25, 0.3) is 0 Å². The molecule has 1 aliphatic rings. The lowest BCUT2D eigenvalue weighted by molar-refractivity contribution is 0.776. The van der Waals surface area contributed by atoms with E-state index in [0.717, 1.165) is 115 Å². The van der Waals surface area contributed by atoms with Gasteiger partial charge in [-0.3, -0.25) is 0 Å². The third kappa shape index (κ3) is 5.82. The summed E-state index contributed by atoms with van der Waals surface area (Å²) >= 11 is 0. The molecule has 0 atom stereocenters. The Kier molecular flexibility index (Phi) is 9.37. The molecule has 0 radical (unpaired) electrons. The number of benzene rings is 12. The van der Waals surface area contributed by atoms with Gasteiger partial charge in [0.15, 0.2) is 0 Å². The number of aromatic nitrogens is 4. The lowest BCUT2D eigenvalue weighted by atomic mass is 9.67. The van der Waals surface area contributed by atoms with E-state index >= 15 is 0 Å². The second-order valence-electron chi connectivity index (χ2n) is 21.2. The topological polar surface area (TPSA) is 47.9 Å². The SMILES string of the molecule is [C-]#[N+]c1c(C#N)c(-n2c3ccccc3c3c4c(ccc32)-c2ccccc2C4(c2ccccc2)c2ccccc2)c(-n2c3ccccc3c3ccccc32)c(-n2c3ccccc3c3ccccc32)c1-n1c2ccccc2c2ccccc21. The Morgan fingerprint density at radius 2 is 0.667 bits per heavy atom. The van der Waals surface area contributed by atoms with Crippen molar-refractivity contribution in [3.8, 4) is 39.9 Å². The molecule has 0 amide bonds. The van der Waals surface area contributed by atoms with Gasteiger partial charge in [-0.25, -0.2) is 4.85 Å². The molecule has 16 aromatic rings. The van der Waals surface area contributed by atoms with Crippen LogP contribution in [0.5, 0.6) is 0 Å². The predicted molar refractivity (Wildman–Crippen MR) is 332 cm³/mol. The molecular formula is C75H44N6. The van der Waals surface area contributed by atoms with E-state index in [4.69, 9.17) is 0 Å². The predicted octanol–water partition coefficient (Wildman–Crippen LogP) is 18.9. The molecule has 1 aliphatic carbocycles. The van der Waals surface area contributed by atoms with E-state index in [1.165, 1.54) is 16.7 Å². The van der Waals surface area contributed by atoms with Gasteiger partial charge in [0.05, 0.1) is 90.5 Å². The fourth-order valence-corrected chi connectivity index (χ4v) is 14.5. The molecule has 4 aromatic heterocycles. The van der Waals surface area contributed by atoms with E-state index in [1.54, 1.807) is 0 Å². The fourth-order valence-electron chi connectivity index (χ4n) is 14.5. The zero-order valence-corrected chi connectivity index (χ0v) is 43.6. The lowest BCUT2D eigenvalue weighted by Crippen LogP contribution is -2.28. The van der Waals surface area contributed by atoms with E-state index in [0.29, 0.717) is 11.4 Å². The Bertz CT molecular complexity index is 5240. The van der Waals surface area contributed by atoms with Crippen molar-refractivity contribution < 1.29 is 0 Å². The molecule has 12 aromatic carbocycles. The van der Waals surface area contributed by atoms with E-state index < -0.39 is 5.41 Å². The van der Waals surface area contributed by atoms with Gasteiger partial charge >= 0.3 is 0 Å². The molecule has 0 saturated carbocycles. The van der Waals surface area contributed by atoms with Crippen LogP contribution < -0.4 is 0 Å². The van der Waals surface area contributed by atoms with E-state index in [1.807, 2.05) is 0 Å². The van der Waals surface area contributed by atoms with Gasteiger partial charge in [0, 0.05) is 43.1 Å². The van der Waals surface area contributed by atoms with Gasteiger partial charge in [-0.1, -0.05) is 218 Å². The highest BCUT2D eigenvalue weighted by Crippen LogP contribution is 2.60. The van der Waals surface area contributed by atoms with Gasteiger partial charge in [0.2, 0.25) is 5.69 Å². The Labute approximate surface area is 465 Å². The van der Waals surface area contributed by atoms with Crippen LogP contribution in [0.3, 0.4) is 0 Å². The van der Waals surface area contributed by atoms with Crippen LogP contribution in [-0.2, 0) is 5.41 Å². The zero-order chi connectivity index (χ0) is 53.5. The first-order chi connectivity index (χ1) is 40.2. The third-order valence-electron chi connectivity index (χ3n) is 17.5. The Morgan fingerprint density at radius 1 is 0.321 bits per heavy atom. The summed E-state index contributed by atoms with van der Waals surface area (Å²) in [6.07, 6.45) is 0. The number of rotatable bonds is 6. The smallest absolute Gasteiger partial charge is 0.232 e. The standard InChI is InChI=1S/C75H44N6/c1-77-70-58(46-76)71(81-66-43-23-15-35-57(66)68-67(81)45-44-56-49-28-8-16-36-59(49)75(69(56)68,47-24-4-2-5-25-47)48-26-6-3-7-27-48)73(79-62-39-19-11-31-52(62)53-32-12-20-40-63(53)79)74(80-64-41-21-13-33-54(64)55-34-14-22-42-65(55)80)72(70)78-60-37-17-9-29-50(60)51-30-10-18-38-61(51)78/h2-45H. The minimum Gasteiger partial charge on any atom is -0.317 e. The van der Waals surface area contributed by atoms with Gasteiger partial charge < -0.3 is 18.3 Å². The summed E-state index contributed by atoms with van der Waals surface area (Å²) in [4.78, 5) is 4.68. The van der Waals surface area contributed by atoms with Crippen molar-refractivity contribution in [1.82, 2.24) is 18.3 Å². The molecule has 0 saturated heterocycles. The van der Waals surface area contributed by atoms with Gasteiger partial charge in [-0.15, -0.1) is 0 Å². The minimum absolute atomic E-state index is 0.253. The van der Waals surface area contributed by atoms with Crippen LogP contribution in [0, 0.1) is 17.9 Å². The van der Waals surface area contributed by atoms with Crippen molar-refractivity contribution >= 4 is 92.9 Å². The Morgan fingerprint density at radius 3 is 1.10 bits per heavy atom. The fraction of sp³-hybridized carbons (Fsp3) is 0.0133. The largest absolute Gasteiger partial charge is 0.317 e. The molecule has 374 valence electrons. The molecule has 0 aliphatic heterocycles. The summed E-state index contributed by atoms with van der Waals surface area (Å²) < 4.78 is 9.39. The average molecular weight is 1030 g/mol. The molecule has 0 fully saturated rings. The van der Waals surface area contributed by atoms with E-state index in [-0.39, 0.29) is 11.3 Å². The molecule has 0 N–H and O–H groups in total. The first-order valence-corrected chi connectivity index (χ1v) is 27.5. The number of hydrogen-bond acceptors (Lipinski definition) is 1. The number of nitrogens with zero attached hydrogens (tertiary/aromatic N) is 6. The zero-order valence-electron chi connectivity index (χ0n) is 43.6. The highest BCUT2D eigenvalue weighted by molar-refractivity contribution is 6.19. The highest BCUT2D eigenvalue weighted by Gasteiger charge is 2.48. The lowest BCUT2D eigenvalue weighted by Gasteiger charge is -2.34. The highest BCUT2D eigenvalue weighted by atomic mass is 15.2. The number of fused-ring (bicyclic) bond motifs is 16. The molecule has 0 bridgehead atoms. The molecule has 17 rings (SSSR count). The van der Waals surface area contributed by atoms with Crippen LogP contribution in [-0.4, -0.2) is 18.3 Å². The molecular weight excluding hydrogens is 985 g/mol. The summed E-state index contributed by atoms with van der Waals surface area (Å²) in [6, 6.07) is 98.3. The monoisotopic (exact) mass is 1030 g/mol. The number of nitriles is 1. The second-order valence-corrected chi connectivity index (χ2v) is 21.2. The van der Waals surface area contributed by atoms with Gasteiger partial charge in [0.1, 0.15) is 0 Å². The molecule has 0 unspecified atom stereocenters. The summed E-state index contributed by atoms with van der Waals surface area (Å²) in [5, 5.41) is 21.1. The first kappa shape index (κ1) is 44.9. The van der Waals surface area contributed by atoms with Crippen LogP contribution in [0.4, 0.5) is 5.69 Å². The van der Waals surface area contributed by atoms with Crippen LogP contribution in [0.1, 0.15) is 27.8 Å². The number of hydrogen-bond donors (Lipinski definition) is 0. The Balaban J connectivity index is 1.17. The first-order valence-electron chi connectivity index (χ1n) is 27.5. The summed E-state index contributed by atoms with van der Waals surface area (Å²) in [5.41, 5.74) is 17.2. The van der Waals surface area contributed by atoms with Crippen LogP contribution in [0.15, 0.2) is 267 Å². The molecule has 4 heterocycles. The maximum atomic E-state index is 12.6. The van der Waals surface area contributed by atoms with Crippen LogP contribution in [0.2, 0.25) is 0 Å². The third-order valence-corrected chi connectivity index (χ3v) is 17.5. The summed E-state index contributed by atoms with van der Waals surface area (Å²) in [7, 11) is 0. The van der Waals surface area contributed by atoms with Crippen LogP contribution in [0.25, 0.3) is 126 Å². The quantitative estimate of drug-likeness (QED) is 0.153. The van der Waals surface area contributed by atoms with Crippen molar-refractivity contribution in [2.45, 2.75) is 5.41 Å². The van der Waals surface area contributed by atoms with Gasteiger partial charge in [-0.2, -0.15) is 5.26 Å². The number of para-hydroxylation sites is 7. The minimum atomic E-state index is -0.743. The summed E-state index contributed by atoms with van der Waals surface area (Å²) in [6.45, 7) is 9.70.